The highest BCUT2D eigenvalue weighted by atomic mass is 16.5. The van der Waals surface area contributed by atoms with Crippen molar-refractivity contribution in [3.8, 4) is 11.5 Å². The van der Waals surface area contributed by atoms with Crippen LogP contribution >= 0.6 is 0 Å². The molecule has 0 aromatic heterocycles. The van der Waals surface area contributed by atoms with Crippen molar-refractivity contribution in [2.24, 2.45) is 5.92 Å². The highest BCUT2D eigenvalue weighted by molar-refractivity contribution is 6.63. The van der Waals surface area contributed by atoms with Crippen molar-refractivity contribution in [1.29, 1.82) is 0 Å². The lowest BCUT2D eigenvalue weighted by molar-refractivity contribution is -0.144. The number of esters is 1. The van der Waals surface area contributed by atoms with E-state index in [0.717, 1.165) is 0 Å². The van der Waals surface area contributed by atoms with E-state index in [1.54, 1.807) is 13.0 Å². The molecule has 2 rings (SSSR count). The number of phenols is 1. The fourth-order valence-corrected chi connectivity index (χ4v) is 2.78. The number of aromatic hydroxyl groups is 1. The van der Waals surface area contributed by atoms with Gasteiger partial charge in [-0.1, -0.05) is 6.92 Å². The SMILES string of the molecule is COc1cc(O)c2c(c1)CCCC(=O)C(=O)C(=O)CC[C@@H](C)COC2=O. The number of carbonyl (C=O) groups excluding carboxylic acids is 4. The molecule has 0 spiro atoms. The Balaban J connectivity index is 2.33. The summed E-state index contributed by atoms with van der Waals surface area (Å²) in [6.07, 6.45) is 0.667. The summed E-state index contributed by atoms with van der Waals surface area (Å²) < 4.78 is 10.4. The zero-order valence-electron chi connectivity index (χ0n) is 14.9. The molecule has 1 atom stereocenters. The second kappa shape index (κ2) is 8.60. The van der Waals surface area contributed by atoms with Crippen LogP contribution in [0.25, 0.3) is 0 Å². The normalized spacial score (nSPS) is 20.2. The summed E-state index contributed by atoms with van der Waals surface area (Å²) in [5.41, 5.74) is 0.494. The summed E-state index contributed by atoms with van der Waals surface area (Å²) >= 11 is 0. The molecule has 1 heterocycles. The van der Waals surface area contributed by atoms with Crippen molar-refractivity contribution in [2.75, 3.05) is 13.7 Å². The van der Waals surface area contributed by atoms with Crippen molar-refractivity contribution in [3.63, 3.8) is 0 Å². The topological polar surface area (TPSA) is 107 Å². The molecule has 0 radical (unpaired) electrons. The van der Waals surface area contributed by atoms with E-state index in [0.29, 0.717) is 17.7 Å². The first-order valence-electron chi connectivity index (χ1n) is 8.50. The lowest BCUT2D eigenvalue weighted by Gasteiger charge is -2.16. The molecule has 0 bridgehead atoms. The number of cyclic esters (lactones) is 1. The quantitative estimate of drug-likeness (QED) is 0.601. The molecule has 0 fully saturated rings. The van der Waals surface area contributed by atoms with Gasteiger partial charge in [-0.15, -0.1) is 0 Å². The lowest BCUT2D eigenvalue weighted by Crippen LogP contribution is -2.25. The molecule has 0 saturated carbocycles. The second-order valence-electron chi connectivity index (χ2n) is 6.45. The highest BCUT2D eigenvalue weighted by Gasteiger charge is 2.25. The van der Waals surface area contributed by atoms with E-state index in [2.05, 4.69) is 0 Å². The summed E-state index contributed by atoms with van der Waals surface area (Å²) in [4.78, 5) is 47.9. The van der Waals surface area contributed by atoms with Gasteiger partial charge in [0.15, 0.2) is 0 Å². The van der Waals surface area contributed by atoms with Gasteiger partial charge < -0.3 is 14.6 Å². The van der Waals surface area contributed by atoms with Gasteiger partial charge in [0.05, 0.1) is 13.7 Å². The Labute approximate surface area is 151 Å². The monoisotopic (exact) mass is 362 g/mol. The van der Waals surface area contributed by atoms with Crippen molar-refractivity contribution in [1.82, 2.24) is 0 Å². The molecule has 7 heteroatoms. The van der Waals surface area contributed by atoms with Crippen LogP contribution in [0.4, 0.5) is 0 Å². The Morgan fingerprint density at radius 3 is 2.46 bits per heavy atom. The number of hydrogen-bond acceptors (Lipinski definition) is 7. The molecule has 140 valence electrons. The molecule has 1 aliphatic rings. The number of rotatable bonds is 1. The standard InChI is InChI=1S/C19H22O7/c1-11-6-7-15(21)18(23)14(20)5-3-4-12-8-13(25-2)9-16(22)17(12)19(24)26-10-11/h8-9,11,22H,3-7,10H2,1-2H3/t11-/m1/s1. The van der Waals surface area contributed by atoms with E-state index >= 15 is 0 Å². The van der Waals surface area contributed by atoms with Crippen molar-refractivity contribution in [2.45, 2.75) is 39.0 Å². The minimum absolute atomic E-state index is 0.0323. The third-order valence-corrected chi connectivity index (χ3v) is 4.33. The number of fused-ring (bicyclic) bond motifs is 1. The average molecular weight is 362 g/mol. The van der Waals surface area contributed by atoms with E-state index in [1.165, 1.54) is 13.2 Å². The number of Topliss-reactive ketones (excluding diaryl/α,β-unsaturated/α-hetero) is 3. The van der Waals surface area contributed by atoms with Crippen LogP contribution in [-0.4, -0.2) is 42.1 Å². The Kier molecular flexibility index (Phi) is 6.49. The number of methoxy groups -OCH3 is 1. The Morgan fingerprint density at radius 1 is 1.08 bits per heavy atom. The molecule has 26 heavy (non-hydrogen) atoms. The van der Waals surface area contributed by atoms with Crippen LogP contribution in [-0.2, 0) is 25.5 Å². The molecule has 1 aromatic carbocycles. The van der Waals surface area contributed by atoms with E-state index in [-0.39, 0.29) is 49.5 Å². The smallest absolute Gasteiger partial charge is 0.342 e. The first kappa shape index (κ1) is 19.6. The van der Waals surface area contributed by atoms with Crippen molar-refractivity contribution in [3.05, 3.63) is 23.3 Å². The van der Waals surface area contributed by atoms with Gasteiger partial charge >= 0.3 is 5.97 Å². The highest BCUT2D eigenvalue weighted by Crippen LogP contribution is 2.30. The van der Waals surface area contributed by atoms with Gasteiger partial charge in [-0.3, -0.25) is 14.4 Å². The zero-order chi connectivity index (χ0) is 19.3. The van der Waals surface area contributed by atoms with Crippen LogP contribution in [0, 0.1) is 5.92 Å². The fraction of sp³-hybridized carbons (Fsp3) is 0.474. The second-order valence-corrected chi connectivity index (χ2v) is 6.45. The van der Waals surface area contributed by atoms with Crippen LogP contribution in [0.3, 0.4) is 0 Å². The number of carbonyl (C=O) groups is 4. The molecule has 0 unspecified atom stereocenters. The molecule has 7 nitrogen and oxygen atoms in total. The Bertz CT molecular complexity index is 736. The van der Waals surface area contributed by atoms with E-state index in [4.69, 9.17) is 9.47 Å². The minimum atomic E-state index is -0.972. The Morgan fingerprint density at radius 2 is 1.77 bits per heavy atom. The summed E-state index contributed by atoms with van der Waals surface area (Å²) in [6, 6.07) is 2.91. The number of ketones is 3. The summed E-state index contributed by atoms with van der Waals surface area (Å²) in [5, 5.41) is 10.2. The molecular formula is C19H22O7. The van der Waals surface area contributed by atoms with Crippen LogP contribution in [0.1, 0.15) is 48.5 Å². The van der Waals surface area contributed by atoms with Gasteiger partial charge in [0.2, 0.25) is 11.6 Å². The molecule has 0 aliphatic carbocycles. The van der Waals surface area contributed by atoms with Gasteiger partial charge in [0, 0.05) is 18.9 Å². The number of aryl methyl sites for hydroxylation is 1. The average Bonchev–Trinajstić information content (AvgIpc) is 2.62. The third-order valence-electron chi connectivity index (χ3n) is 4.33. The third kappa shape index (κ3) is 4.68. The molecule has 1 aliphatic heterocycles. The molecule has 1 aromatic rings. The van der Waals surface area contributed by atoms with Gasteiger partial charge in [-0.2, -0.15) is 0 Å². The number of phenolic OH excluding ortho intramolecular Hbond substituents is 1. The van der Waals surface area contributed by atoms with Gasteiger partial charge in [0.25, 0.3) is 5.78 Å². The van der Waals surface area contributed by atoms with E-state index < -0.39 is 23.3 Å². The maximum Gasteiger partial charge on any atom is 0.342 e. The van der Waals surface area contributed by atoms with Crippen LogP contribution in [0.2, 0.25) is 0 Å². The molecule has 0 saturated heterocycles. The fourth-order valence-electron chi connectivity index (χ4n) is 2.78. The van der Waals surface area contributed by atoms with Crippen molar-refractivity contribution < 1.29 is 33.8 Å². The minimum Gasteiger partial charge on any atom is -0.507 e. The predicted octanol–water partition coefficient (Wildman–Crippen LogP) is 2.02. The molecule has 1 N–H and O–H groups in total. The molecule has 0 amide bonds. The van der Waals surface area contributed by atoms with Crippen molar-refractivity contribution >= 4 is 23.3 Å². The summed E-state index contributed by atoms with van der Waals surface area (Å²) in [5.74, 6) is -3.14. The first-order chi connectivity index (χ1) is 12.3. The predicted molar refractivity (Wildman–Crippen MR) is 91.3 cm³/mol. The summed E-state index contributed by atoms with van der Waals surface area (Å²) in [6.45, 7) is 1.81. The summed E-state index contributed by atoms with van der Waals surface area (Å²) in [7, 11) is 1.43. The zero-order valence-corrected chi connectivity index (χ0v) is 14.9. The van der Waals surface area contributed by atoms with Gasteiger partial charge in [0.1, 0.15) is 17.1 Å². The number of benzene rings is 1. The lowest BCUT2D eigenvalue weighted by atomic mass is 9.96. The van der Waals surface area contributed by atoms with E-state index in [9.17, 15) is 24.3 Å². The molecular weight excluding hydrogens is 340 g/mol. The van der Waals surface area contributed by atoms with Crippen LogP contribution in [0.15, 0.2) is 12.1 Å². The number of hydrogen-bond donors (Lipinski definition) is 1. The van der Waals surface area contributed by atoms with Crippen LogP contribution < -0.4 is 4.74 Å². The van der Waals surface area contributed by atoms with Crippen LogP contribution in [0.5, 0.6) is 11.5 Å². The Hall–Kier alpha value is -2.70. The van der Waals surface area contributed by atoms with Gasteiger partial charge in [-0.25, -0.2) is 4.79 Å². The first-order valence-corrected chi connectivity index (χ1v) is 8.50. The van der Waals surface area contributed by atoms with Gasteiger partial charge in [-0.05, 0) is 36.8 Å². The number of ether oxygens (including phenoxy) is 2. The maximum absolute atomic E-state index is 12.4. The van der Waals surface area contributed by atoms with E-state index in [1.807, 2.05) is 0 Å². The maximum atomic E-state index is 12.4. The largest absolute Gasteiger partial charge is 0.507 e.